The van der Waals surface area contributed by atoms with Crippen LogP contribution in [0.2, 0.25) is 0 Å². The van der Waals surface area contributed by atoms with Gasteiger partial charge in [0.15, 0.2) is 22.4 Å². The Morgan fingerprint density at radius 3 is 1.33 bits per heavy atom. The molecule has 4 unspecified atom stereocenters. The lowest BCUT2D eigenvalue weighted by atomic mass is 9.66. The molecule has 16 heteroatoms. The first-order chi connectivity index (χ1) is 22.5. The van der Waals surface area contributed by atoms with Gasteiger partial charge in [-0.2, -0.15) is 0 Å². The third-order valence-electron chi connectivity index (χ3n) is 10.7. The van der Waals surface area contributed by atoms with Gasteiger partial charge in [-0.25, -0.2) is 0 Å². The lowest BCUT2D eigenvalue weighted by molar-refractivity contribution is -0.144. The molecule has 0 radical (unpaired) electrons. The smallest absolute Gasteiger partial charge is 0.305 e. The normalized spacial score (nSPS) is 37.0. The van der Waals surface area contributed by atoms with Crippen LogP contribution in [0.25, 0.3) is 11.1 Å². The van der Waals surface area contributed by atoms with Crippen molar-refractivity contribution in [3.63, 3.8) is 0 Å². The fourth-order valence-electron chi connectivity index (χ4n) is 8.69. The van der Waals surface area contributed by atoms with Crippen LogP contribution < -0.4 is 0 Å². The van der Waals surface area contributed by atoms with E-state index in [1.165, 1.54) is 13.8 Å². The van der Waals surface area contributed by atoms with Gasteiger partial charge in [-0.3, -0.25) is 28.8 Å². The van der Waals surface area contributed by atoms with Gasteiger partial charge >= 0.3 is 11.9 Å². The molecule has 0 aromatic heterocycles. The molecule has 0 amide bonds. The number of hydrogen-bond acceptors (Lipinski definition) is 14. The number of rotatable bonds is 5. The molecule has 0 bridgehead atoms. The van der Waals surface area contributed by atoms with Crippen molar-refractivity contribution in [2.45, 2.75) is 86.4 Å². The SMILES string of the molecule is C[C@@H]1O[C@H](CC(=O)O)CC23OC12C(=O)c1c(O)c(-c2cc(O)c4c(c2O)C(=O)C25OC2(C[C@@H](CC(=O)O)O[C@@H]5C)C4=O)cc(O)c1C3=O. The summed E-state index contributed by atoms with van der Waals surface area (Å²) >= 11 is 0. The standard InChI is InChI=1S/C32H26O16/c1-9-31-27(43)21-19(25(41)29(31,47-31)7-11(45-9)3-17(35)36)15(33)5-13(23(21)39)14-6-16(34)20-22(24(14)40)28(44)32-10(2)46-12(4-18(37)38)8-30(32,48-32)26(20)42/h5-6,9-12,33-34,39-40H,3-4,7-8H2,1-2H3,(H,35,36)(H,37,38)/t9-,10+,11-,12-,29?,30?,31?,32?/m1/s1. The number of carbonyl (C=O) groups excluding carboxylic acids is 4. The zero-order chi connectivity index (χ0) is 34.6. The topological polar surface area (TPSA) is 267 Å². The minimum absolute atomic E-state index is 0.310. The maximum Gasteiger partial charge on any atom is 0.305 e. The summed E-state index contributed by atoms with van der Waals surface area (Å²) in [5.41, 5.74) is -11.2. The number of phenols is 4. The molecule has 4 fully saturated rings. The summed E-state index contributed by atoms with van der Waals surface area (Å²) in [6.07, 6.45) is -5.88. The molecule has 4 saturated heterocycles. The second-order valence-corrected chi connectivity index (χ2v) is 13.1. The van der Waals surface area contributed by atoms with Gasteiger partial charge in [0.2, 0.25) is 23.1 Å². The highest BCUT2D eigenvalue weighted by atomic mass is 16.7. The van der Waals surface area contributed by atoms with Crippen molar-refractivity contribution in [3.05, 3.63) is 34.4 Å². The Labute approximate surface area is 268 Å². The van der Waals surface area contributed by atoms with Gasteiger partial charge in [-0.1, -0.05) is 0 Å². The van der Waals surface area contributed by atoms with Crippen LogP contribution in [0.3, 0.4) is 0 Å². The fourth-order valence-corrected chi connectivity index (χ4v) is 8.69. The number of epoxide rings is 2. The zero-order valence-electron chi connectivity index (χ0n) is 25.1. The number of Topliss-reactive ketones (excluding diaryl/α,β-unsaturated/α-hetero) is 4. The molecule has 8 rings (SSSR count). The highest BCUT2D eigenvalue weighted by molar-refractivity contribution is 6.30. The molecule has 2 aromatic carbocycles. The average molecular weight is 667 g/mol. The minimum atomic E-state index is -1.95. The second-order valence-electron chi connectivity index (χ2n) is 13.1. The zero-order valence-corrected chi connectivity index (χ0v) is 25.1. The van der Waals surface area contributed by atoms with Crippen LogP contribution >= 0.6 is 0 Å². The van der Waals surface area contributed by atoms with Crippen LogP contribution in [-0.4, -0.2) is 113 Å². The van der Waals surface area contributed by atoms with Crippen LogP contribution in [-0.2, 0) is 28.5 Å². The van der Waals surface area contributed by atoms with Gasteiger partial charge in [-0.15, -0.1) is 0 Å². The summed E-state index contributed by atoms with van der Waals surface area (Å²) in [5, 5.41) is 63.8. The van der Waals surface area contributed by atoms with Gasteiger partial charge in [0.05, 0.1) is 59.5 Å². The largest absolute Gasteiger partial charge is 0.507 e. The molecule has 16 nitrogen and oxygen atoms in total. The number of ketones is 4. The number of carbonyl (C=O) groups is 6. The molecule has 250 valence electrons. The van der Waals surface area contributed by atoms with E-state index in [9.17, 15) is 59.4 Å². The van der Waals surface area contributed by atoms with E-state index in [1.54, 1.807) is 0 Å². The molecular weight excluding hydrogens is 640 g/mol. The molecular formula is C32H26O16. The predicted octanol–water partition coefficient (Wildman–Crippen LogP) is 1.25. The molecule has 48 heavy (non-hydrogen) atoms. The van der Waals surface area contributed by atoms with Crippen LogP contribution in [0.1, 0.15) is 81.0 Å². The molecule has 4 heterocycles. The minimum Gasteiger partial charge on any atom is -0.507 e. The first-order valence-corrected chi connectivity index (χ1v) is 15.0. The Kier molecular flexibility index (Phi) is 5.68. The third kappa shape index (κ3) is 3.23. The number of aliphatic carboxylic acids is 2. The Balaban J connectivity index is 1.25. The lowest BCUT2D eigenvalue weighted by Crippen LogP contribution is -2.57. The third-order valence-corrected chi connectivity index (χ3v) is 10.7. The second kappa shape index (κ2) is 8.96. The molecule has 4 aliphatic heterocycles. The Morgan fingerprint density at radius 2 is 1.00 bits per heavy atom. The van der Waals surface area contributed by atoms with Crippen molar-refractivity contribution in [3.8, 4) is 34.1 Å². The van der Waals surface area contributed by atoms with E-state index in [2.05, 4.69) is 0 Å². The number of carboxylic acid groups (broad SMARTS) is 2. The predicted molar refractivity (Wildman–Crippen MR) is 151 cm³/mol. The van der Waals surface area contributed by atoms with Crippen molar-refractivity contribution < 1.29 is 78.4 Å². The Hall–Kier alpha value is -4.90. The molecule has 6 N–H and O–H groups in total. The number of ether oxygens (including phenoxy) is 4. The molecule has 0 saturated carbocycles. The van der Waals surface area contributed by atoms with Gasteiger partial charge in [-0.05, 0) is 26.0 Å². The van der Waals surface area contributed by atoms with Crippen LogP contribution in [0.5, 0.6) is 23.0 Å². The summed E-state index contributed by atoms with van der Waals surface area (Å²) in [4.78, 5) is 78.5. The lowest BCUT2D eigenvalue weighted by Gasteiger charge is -2.37. The number of fused-ring (bicyclic) bond motifs is 2. The molecule has 0 spiro atoms. The van der Waals surface area contributed by atoms with Gasteiger partial charge in [0, 0.05) is 24.0 Å². The molecule has 2 aliphatic carbocycles. The van der Waals surface area contributed by atoms with Crippen molar-refractivity contribution in [2.75, 3.05) is 0 Å². The summed E-state index contributed by atoms with van der Waals surface area (Å²) in [6, 6.07) is 1.66. The number of carboxylic acids is 2. The van der Waals surface area contributed by atoms with E-state index in [-0.39, 0.29) is 12.8 Å². The summed E-state index contributed by atoms with van der Waals surface area (Å²) in [6.45, 7) is 2.81. The van der Waals surface area contributed by atoms with E-state index >= 15 is 0 Å². The van der Waals surface area contributed by atoms with E-state index < -0.39 is 151 Å². The highest BCUT2D eigenvalue weighted by Crippen LogP contribution is 2.67. The van der Waals surface area contributed by atoms with Gasteiger partial charge in [0.1, 0.15) is 23.0 Å². The molecule has 6 aliphatic rings. The number of benzene rings is 2. The monoisotopic (exact) mass is 666 g/mol. The van der Waals surface area contributed by atoms with E-state index in [4.69, 9.17) is 18.9 Å². The van der Waals surface area contributed by atoms with Gasteiger partial charge < -0.3 is 49.6 Å². The molecule has 2 aromatic rings. The number of hydrogen-bond donors (Lipinski definition) is 6. The van der Waals surface area contributed by atoms with Crippen molar-refractivity contribution in [2.24, 2.45) is 0 Å². The number of aromatic hydroxyl groups is 4. The number of phenolic OH excluding ortho intramolecular Hbond substituents is 4. The summed E-state index contributed by atoms with van der Waals surface area (Å²) in [5.74, 6) is -9.64. The van der Waals surface area contributed by atoms with E-state index in [0.717, 1.165) is 12.1 Å². The van der Waals surface area contributed by atoms with Crippen molar-refractivity contribution >= 4 is 35.1 Å². The van der Waals surface area contributed by atoms with Crippen LogP contribution in [0, 0.1) is 0 Å². The van der Waals surface area contributed by atoms with Crippen LogP contribution in [0.15, 0.2) is 12.1 Å². The maximum absolute atomic E-state index is 14.0. The van der Waals surface area contributed by atoms with E-state index in [1.807, 2.05) is 0 Å². The first kappa shape index (κ1) is 30.4. The van der Waals surface area contributed by atoms with Crippen LogP contribution in [0.4, 0.5) is 0 Å². The maximum atomic E-state index is 14.0. The van der Waals surface area contributed by atoms with E-state index in [0.29, 0.717) is 0 Å². The van der Waals surface area contributed by atoms with Crippen molar-refractivity contribution in [1.82, 2.24) is 0 Å². The Morgan fingerprint density at radius 1 is 0.646 bits per heavy atom. The summed E-state index contributed by atoms with van der Waals surface area (Å²) in [7, 11) is 0. The Bertz CT molecular complexity index is 1860. The molecule has 8 atom stereocenters. The highest BCUT2D eigenvalue weighted by Gasteiger charge is 2.87. The average Bonchev–Trinajstić information content (AvgIpc) is 3.89. The van der Waals surface area contributed by atoms with Gasteiger partial charge in [0.25, 0.3) is 0 Å². The fraction of sp³-hybridized carbons (Fsp3) is 0.438. The summed E-state index contributed by atoms with van der Waals surface area (Å²) < 4.78 is 23.0. The quantitative estimate of drug-likeness (QED) is 0.194. The van der Waals surface area contributed by atoms with Crippen molar-refractivity contribution in [1.29, 1.82) is 0 Å². The first-order valence-electron chi connectivity index (χ1n) is 15.0.